The third-order valence-electron chi connectivity index (χ3n) is 3.92. The maximum absolute atomic E-state index is 13.1. The molecule has 3 rings (SSSR count). The zero-order chi connectivity index (χ0) is 14.1. The molecule has 0 aromatic heterocycles. The van der Waals surface area contributed by atoms with E-state index >= 15 is 0 Å². The summed E-state index contributed by atoms with van der Waals surface area (Å²) < 4.78 is 13.1. The predicted octanol–water partition coefficient (Wildman–Crippen LogP) is 3.67. The SMILES string of the molecule is Cc1ccc2c(c1)CCCN2Cc1ccc(F)cc1N. The lowest BCUT2D eigenvalue weighted by atomic mass is 9.99. The first-order valence-electron chi connectivity index (χ1n) is 7.02. The van der Waals surface area contributed by atoms with Gasteiger partial charge >= 0.3 is 0 Å². The minimum absolute atomic E-state index is 0.277. The monoisotopic (exact) mass is 270 g/mol. The maximum Gasteiger partial charge on any atom is 0.125 e. The highest BCUT2D eigenvalue weighted by molar-refractivity contribution is 5.58. The van der Waals surface area contributed by atoms with Gasteiger partial charge in [0.25, 0.3) is 0 Å². The molecule has 0 aliphatic carbocycles. The van der Waals surface area contributed by atoms with E-state index in [0.717, 1.165) is 31.5 Å². The van der Waals surface area contributed by atoms with Gasteiger partial charge in [-0.2, -0.15) is 0 Å². The number of hydrogen-bond donors (Lipinski definition) is 1. The molecule has 0 amide bonds. The van der Waals surface area contributed by atoms with Crippen molar-refractivity contribution in [1.82, 2.24) is 0 Å². The summed E-state index contributed by atoms with van der Waals surface area (Å²) in [6.45, 7) is 3.88. The number of aryl methyl sites for hydroxylation is 2. The van der Waals surface area contributed by atoms with Crippen molar-refractivity contribution < 1.29 is 4.39 Å². The Hall–Kier alpha value is -2.03. The summed E-state index contributed by atoms with van der Waals surface area (Å²) in [5, 5.41) is 0. The number of benzene rings is 2. The minimum Gasteiger partial charge on any atom is -0.398 e. The van der Waals surface area contributed by atoms with E-state index in [2.05, 4.69) is 30.0 Å². The lowest BCUT2D eigenvalue weighted by Gasteiger charge is -2.32. The molecule has 104 valence electrons. The number of nitrogens with two attached hydrogens (primary N) is 1. The van der Waals surface area contributed by atoms with Crippen LogP contribution in [0.3, 0.4) is 0 Å². The van der Waals surface area contributed by atoms with Crippen LogP contribution in [0.15, 0.2) is 36.4 Å². The normalized spacial score (nSPS) is 14.2. The Morgan fingerprint density at radius 2 is 2.05 bits per heavy atom. The van der Waals surface area contributed by atoms with Gasteiger partial charge in [-0.1, -0.05) is 23.8 Å². The van der Waals surface area contributed by atoms with E-state index in [1.165, 1.54) is 28.9 Å². The van der Waals surface area contributed by atoms with Crippen molar-refractivity contribution in [2.24, 2.45) is 0 Å². The number of halogens is 1. The van der Waals surface area contributed by atoms with Crippen molar-refractivity contribution in [3.05, 3.63) is 58.9 Å². The molecule has 0 radical (unpaired) electrons. The first-order chi connectivity index (χ1) is 9.63. The highest BCUT2D eigenvalue weighted by Crippen LogP contribution is 2.30. The molecule has 20 heavy (non-hydrogen) atoms. The number of nitrogen functional groups attached to an aromatic ring is 1. The van der Waals surface area contributed by atoms with Gasteiger partial charge in [0.2, 0.25) is 0 Å². The average molecular weight is 270 g/mol. The second-order valence-corrected chi connectivity index (χ2v) is 5.50. The summed E-state index contributed by atoms with van der Waals surface area (Å²) in [4.78, 5) is 2.34. The molecule has 0 unspecified atom stereocenters. The molecule has 0 saturated heterocycles. The lowest BCUT2D eigenvalue weighted by Crippen LogP contribution is -2.29. The topological polar surface area (TPSA) is 29.3 Å². The standard InChI is InChI=1S/C17H19FN2/c1-12-4-7-17-13(9-12)3-2-8-20(17)11-14-5-6-15(18)10-16(14)19/h4-7,9-10H,2-3,8,11,19H2,1H3. The van der Waals surface area contributed by atoms with E-state index in [-0.39, 0.29) is 5.82 Å². The molecule has 0 fully saturated rings. The van der Waals surface area contributed by atoms with Crippen LogP contribution in [-0.2, 0) is 13.0 Å². The molecule has 2 nitrogen and oxygen atoms in total. The molecule has 2 aromatic rings. The van der Waals surface area contributed by atoms with Gasteiger partial charge < -0.3 is 10.6 Å². The lowest BCUT2D eigenvalue weighted by molar-refractivity contribution is 0.627. The Morgan fingerprint density at radius 3 is 2.85 bits per heavy atom. The van der Waals surface area contributed by atoms with Crippen LogP contribution in [0.1, 0.15) is 23.1 Å². The Bertz CT molecular complexity index is 637. The Kier molecular flexibility index (Phi) is 3.35. The van der Waals surface area contributed by atoms with Gasteiger partial charge in [-0.05, 0) is 49.1 Å². The van der Waals surface area contributed by atoms with Crippen LogP contribution in [0.4, 0.5) is 15.8 Å². The summed E-state index contributed by atoms with van der Waals surface area (Å²) in [5.41, 5.74) is 11.4. The largest absolute Gasteiger partial charge is 0.398 e. The average Bonchev–Trinajstić information content (AvgIpc) is 2.41. The van der Waals surface area contributed by atoms with Gasteiger partial charge in [-0.3, -0.25) is 0 Å². The Morgan fingerprint density at radius 1 is 1.20 bits per heavy atom. The molecule has 0 atom stereocenters. The fourth-order valence-electron chi connectivity index (χ4n) is 2.88. The van der Waals surface area contributed by atoms with Crippen LogP contribution in [0.2, 0.25) is 0 Å². The van der Waals surface area contributed by atoms with Gasteiger partial charge in [0.1, 0.15) is 5.82 Å². The third-order valence-corrected chi connectivity index (χ3v) is 3.92. The van der Waals surface area contributed by atoms with Crippen molar-refractivity contribution in [2.45, 2.75) is 26.3 Å². The second kappa shape index (κ2) is 5.16. The van der Waals surface area contributed by atoms with Gasteiger partial charge in [0.15, 0.2) is 0 Å². The van der Waals surface area contributed by atoms with Crippen LogP contribution in [0.5, 0.6) is 0 Å². The highest BCUT2D eigenvalue weighted by atomic mass is 19.1. The number of anilines is 2. The van der Waals surface area contributed by atoms with Gasteiger partial charge in [-0.15, -0.1) is 0 Å². The number of hydrogen-bond acceptors (Lipinski definition) is 2. The van der Waals surface area contributed by atoms with Crippen molar-refractivity contribution in [3.8, 4) is 0 Å². The zero-order valence-electron chi connectivity index (χ0n) is 11.7. The smallest absolute Gasteiger partial charge is 0.125 e. The first-order valence-corrected chi connectivity index (χ1v) is 7.02. The molecule has 0 saturated carbocycles. The summed E-state index contributed by atoms with van der Waals surface area (Å²) >= 11 is 0. The Balaban J connectivity index is 1.89. The van der Waals surface area contributed by atoms with E-state index in [4.69, 9.17) is 5.73 Å². The van der Waals surface area contributed by atoms with E-state index < -0.39 is 0 Å². The zero-order valence-corrected chi connectivity index (χ0v) is 11.7. The fourth-order valence-corrected chi connectivity index (χ4v) is 2.88. The van der Waals surface area contributed by atoms with Crippen LogP contribution < -0.4 is 10.6 Å². The molecule has 0 spiro atoms. The molecule has 1 heterocycles. The van der Waals surface area contributed by atoms with E-state index in [0.29, 0.717) is 5.69 Å². The molecular weight excluding hydrogens is 251 g/mol. The van der Waals surface area contributed by atoms with E-state index in [1.807, 2.05) is 0 Å². The van der Waals surface area contributed by atoms with Crippen molar-refractivity contribution in [3.63, 3.8) is 0 Å². The quantitative estimate of drug-likeness (QED) is 0.844. The van der Waals surface area contributed by atoms with Crippen molar-refractivity contribution in [2.75, 3.05) is 17.2 Å². The third kappa shape index (κ3) is 2.48. The maximum atomic E-state index is 13.1. The summed E-state index contributed by atoms with van der Waals surface area (Å²) in [5.74, 6) is -0.277. The Labute approximate surface area is 119 Å². The molecule has 0 bridgehead atoms. The van der Waals surface area contributed by atoms with Crippen molar-refractivity contribution in [1.29, 1.82) is 0 Å². The van der Waals surface area contributed by atoms with Crippen LogP contribution in [0.25, 0.3) is 0 Å². The van der Waals surface area contributed by atoms with Gasteiger partial charge in [0, 0.05) is 24.5 Å². The molecule has 2 aromatic carbocycles. The molecule has 3 heteroatoms. The molecule has 2 N–H and O–H groups in total. The van der Waals surface area contributed by atoms with Crippen LogP contribution in [0, 0.1) is 12.7 Å². The van der Waals surface area contributed by atoms with Crippen molar-refractivity contribution >= 4 is 11.4 Å². The molecule has 1 aliphatic rings. The second-order valence-electron chi connectivity index (χ2n) is 5.50. The first kappa shape index (κ1) is 13.0. The van der Waals surface area contributed by atoms with Gasteiger partial charge in [0.05, 0.1) is 0 Å². The molecular formula is C17H19FN2. The van der Waals surface area contributed by atoms with Gasteiger partial charge in [-0.25, -0.2) is 4.39 Å². The predicted molar refractivity (Wildman–Crippen MR) is 81.4 cm³/mol. The van der Waals surface area contributed by atoms with Crippen LogP contribution >= 0.6 is 0 Å². The minimum atomic E-state index is -0.277. The van der Waals surface area contributed by atoms with E-state index in [1.54, 1.807) is 6.07 Å². The van der Waals surface area contributed by atoms with Crippen LogP contribution in [-0.4, -0.2) is 6.54 Å². The summed E-state index contributed by atoms with van der Waals surface area (Å²) in [7, 11) is 0. The number of rotatable bonds is 2. The summed E-state index contributed by atoms with van der Waals surface area (Å²) in [6.07, 6.45) is 2.28. The fraction of sp³-hybridized carbons (Fsp3) is 0.294. The number of fused-ring (bicyclic) bond motifs is 1. The van der Waals surface area contributed by atoms with E-state index in [9.17, 15) is 4.39 Å². The highest BCUT2D eigenvalue weighted by Gasteiger charge is 2.17. The molecule has 1 aliphatic heterocycles. The number of nitrogens with zero attached hydrogens (tertiary/aromatic N) is 1. The summed E-state index contributed by atoms with van der Waals surface area (Å²) in [6, 6.07) is 11.2.